The number of ether oxygens (including phenoxy) is 1. The van der Waals surface area contributed by atoms with Gasteiger partial charge in [0.25, 0.3) is 0 Å². The van der Waals surface area contributed by atoms with Crippen molar-refractivity contribution in [3.05, 3.63) is 69.4 Å². The van der Waals surface area contributed by atoms with E-state index < -0.39 is 0 Å². The van der Waals surface area contributed by atoms with Crippen LogP contribution in [0.3, 0.4) is 0 Å². The van der Waals surface area contributed by atoms with E-state index in [0.29, 0.717) is 28.8 Å². The SMILES string of the molecule is CCOC(=O)c1cc(Cc2ccccc2)sc1NC(=S)NCc1c(C)nn(CC)c1C. The molecule has 8 heteroatoms. The number of esters is 1. The van der Waals surface area contributed by atoms with Gasteiger partial charge in [-0.15, -0.1) is 11.3 Å². The lowest BCUT2D eigenvalue weighted by Crippen LogP contribution is -2.28. The zero-order valence-corrected chi connectivity index (χ0v) is 20.0. The van der Waals surface area contributed by atoms with Crippen LogP contribution in [0.25, 0.3) is 0 Å². The molecule has 0 bridgehead atoms. The number of aryl methyl sites for hydroxylation is 2. The van der Waals surface area contributed by atoms with Crippen LogP contribution in [0.2, 0.25) is 0 Å². The summed E-state index contributed by atoms with van der Waals surface area (Å²) < 4.78 is 7.23. The summed E-state index contributed by atoms with van der Waals surface area (Å²) in [6, 6.07) is 12.1. The van der Waals surface area contributed by atoms with Crippen molar-refractivity contribution >= 4 is 39.6 Å². The summed E-state index contributed by atoms with van der Waals surface area (Å²) in [5.74, 6) is -0.348. The summed E-state index contributed by atoms with van der Waals surface area (Å²) in [5.41, 5.74) is 4.94. The van der Waals surface area contributed by atoms with Crippen molar-refractivity contribution in [1.82, 2.24) is 15.1 Å². The van der Waals surface area contributed by atoms with Gasteiger partial charge >= 0.3 is 5.97 Å². The van der Waals surface area contributed by atoms with Gasteiger partial charge in [0.05, 0.1) is 17.9 Å². The zero-order chi connectivity index (χ0) is 22.4. The second-order valence-corrected chi connectivity index (χ2v) is 8.66. The van der Waals surface area contributed by atoms with Crippen LogP contribution in [0.1, 0.15) is 51.6 Å². The molecule has 0 aliphatic carbocycles. The molecule has 3 aromatic rings. The number of rotatable bonds is 8. The molecule has 0 amide bonds. The minimum Gasteiger partial charge on any atom is -0.462 e. The molecule has 0 spiro atoms. The normalized spacial score (nSPS) is 10.7. The van der Waals surface area contributed by atoms with Crippen molar-refractivity contribution in [2.45, 2.75) is 47.2 Å². The van der Waals surface area contributed by atoms with Crippen molar-refractivity contribution in [3.8, 4) is 0 Å². The molecule has 0 saturated heterocycles. The number of benzene rings is 1. The van der Waals surface area contributed by atoms with Crippen LogP contribution in [0.5, 0.6) is 0 Å². The predicted molar refractivity (Wildman–Crippen MR) is 130 cm³/mol. The lowest BCUT2D eigenvalue weighted by atomic mass is 10.1. The number of carbonyl (C=O) groups is 1. The largest absolute Gasteiger partial charge is 0.462 e. The fraction of sp³-hybridized carbons (Fsp3) is 0.348. The van der Waals surface area contributed by atoms with E-state index in [9.17, 15) is 4.79 Å². The molecule has 0 saturated carbocycles. The van der Waals surface area contributed by atoms with Crippen LogP contribution in [0.4, 0.5) is 5.00 Å². The fourth-order valence-electron chi connectivity index (χ4n) is 3.39. The molecule has 31 heavy (non-hydrogen) atoms. The average Bonchev–Trinajstić information content (AvgIpc) is 3.27. The molecule has 6 nitrogen and oxygen atoms in total. The van der Waals surface area contributed by atoms with Crippen LogP contribution < -0.4 is 10.6 Å². The topological polar surface area (TPSA) is 68.2 Å². The summed E-state index contributed by atoms with van der Waals surface area (Å²) in [5, 5.41) is 12.1. The third-order valence-corrected chi connectivity index (χ3v) is 6.28. The molecule has 3 rings (SSSR count). The first kappa shape index (κ1) is 23.0. The second-order valence-electron chi connectivity index (χ2n) is 7.11. The Labute approximate surface area is 192 Å². The first-order chi connectivity index (χ1) is 14.9. The summed E-state index contributed by atoms with van der Waals surface area (Å²) >= 11 is 7.03. The maximum atomic E-state index is 12.5. The minimum atomic E-state index is -0.348. The Bertz CT molecular complexity index is 1060. The van der Waals surface area contributed by atoms with Gasteiger partial charge in [0, 0.05) is 35.6 Å². The van der Waals surface area contributed by atoms with Gasteiger partial charge in [0.15, 0.2) is 5.11 Å². The van der Waals surface area contributed by atoms with E-state index in [1.165, 1.54) is 16.9 Å². The number of thiophene rings is 1. The molecule has 164 valence electrons. The van der Waals surface area contributed by atoms with Crippen LogP contribution >= 0.6 is 23.6 Å². The lowest BCUT2D eigenvalue weighted by molar-refractivity contribution is 0.0528. The quantitative estimate of drug-likeness (QED) is 0.374. The summed E-state index contributed by atoms with van der Waals surface area (Å²) in [7, 11) is 0. The van der Waals surface area contributed by atoms with Crippen molar-refractivity contribution < 1.29 is 9.53 Å². The number of hydrogen-bond acceptors (Lipinski definition) is 5. The summed E-state index contributed by atoms with van der Waals surface area (Å²) in [6.07, 6.45) is 0.744. The van der Waals surface area contributed by atoms with E-state index in [1.807, 2.05) is 35.9 Å². The Hall–Kier alpha value is -2.71. The molecule has 1 aromatic carbocycles. The molecule has 0 aliphatic heterocycles. The van der Waals surface area contributed by atoms with E-state index in [0.717, 1.165) is 34.8 Å². The van der Waals surface area contributed by atoms with E-state index in [1.54, 1.807) is 6.92 Å². The molecular formula is C23H28N4O2S2. The zero-order valence-electron chi connectivity index (χ0n) is 18.3. The van der Waals surface area contributed by atoms with E-state index in [-0.39, 0.29) is 5.97 Å². The fourth-order valence-corrected chi connectivity index (χ4v) is 4.72. The van der Waals surface area contributed by atoms with Gasteiger partial charge in [0.2, 0.25) is 0 Å². The van der Waals surface area contributed by atoms with E-state index >= 15 is 0 Å². The minimum absolute atomic E-state index is 0.324. The molecule has 0 fully saturated rings. The van der Waals surface area contributed by atoms with E-state index in [4.69, 9.17) is 17.0 Å². The highest BCUT2D eigenvalue weighted by molar-refractivity contribution is 7.80. The molecule has 0 atom stereocenters. The molecule has 0 unspecified atom stereocenters. The predicted octanol–water partition coefficient (Wildman–Crippen LogP) is 4.84. The molecule has 0 aliphatic rings. The highest BCUT2D eigenvalue weighted by Gasteiger charge is 2.19. The van der Waals surface area contributed by atoms with Gasteiger partial charge in [-0.2, -0.15) is 5.10 Å². The number of thiocarbonyl (C=S) groups is 1. The highest BCUT2D eigenvalue weighted by atomic mass is 32.1. The second kappa shape index (κ2) is 10.5. The monoisotopic (exact) mass is 456 g/mol. The number of aromatic nitrogens is 2. The standard InChI is InChI=1S/C23H28N4O2S2/c1-5-27-16(4)20(15(3)26-27)14-24-23(30)25-21-19(22(28)29-6-2)13-18(31-21)12-17-10-8-7-9-11-17/h7-11,13H,5-6,12,14H2,1-4H3,(H2,24,25,30). The third-order valence-electron chi connectivity index (χ3n) is 4.98. The van der Waals surface area contributed by atoms with Crippen molar-refractivity contribution in [2.24, 2.45) is 0 Å². The Kier molecular flexibility index (Phi) is 7.81. The molecule has 2 heterocycles. The number of hydrogen-bond donors (Lipinski definition) is 2. The van der Waals surface area contributed by atoms with Crippen LogP contribution in [-0.4, -0.2) is 27.5 Å². The number of anilines is 1. The Balaban J connectivity index is 1.73. The third kappa shape index (κ3) is 5.71. The van der Waals surface area contributed by atoms with Gasteiger partial charge in [-0.05, 0) is 51.5 Å². The summed E-state index contributed by atoms with van der Waals surface area (Å²) in [6.45, 7) is 9.66. The molecule has 2 aromatic heterocycles. The summed E-state index contributed by atoms with van der Waals surface area (Å²) in [4.78, 5) is 13.6. The number of carbonyl (C=O) groups excluding carboxylic acids is 1. The van der Waals surface area contributed by atoms with Gasteiger partial charge < -0.3 is 15.4 Å². The van der Waals surface area contributed by atoms with E-state index in [2.05, 4.69) is 41.7 Å². The number of nitrogens with zero attached hydrogens (tertiary/aromatic N) is 2. The number of nitrogens with one attached hydrogen (secondary N) is 2. The van der Waals surface area contributed by atoms with Gasteiger partial charge in [-0.1, -0.05) is 30.3 Å². The average molecular weight is 457 g/mol. The smallest absolute Gasteiger partial charge is 0.341 e. The highest BCUT2D eigenvalue weighted by Crippen LogP contribution is 2.30. The van der Waals surface area contributed by atoms with Gasteiger partial charge in [0.1, 0.15) is 5.00 Å². The Morgan fingerprint density at radius 2 is 1.97 bits per heavy atom. The maximum Gasteiger partial charge on any atom is 0.341 e. The van der Waals surface area contributed by atoms with Crippen molar-refractivity contribution in [2.75, 3.05) is 11.9 Å². The Morgan fingerprint density at radius 3 is 2.61 bits per heavy atom. The molecule has 2 N–H and O–H groups in total. The first-order valence-electron chi connectivity index (χ1n) is 10.3. The van der Waals surface area contributed by atoms with Crippen LogP contribution in [0, 0.1) is 13.8 Å². The van der Waals surface area contributed by atoms with Crippen LogP contribution in [-0.2, 0) is 24.2 Å². The first-order valence-corrected chi connectivity index (χ1v) is 11.6. The molecule has 0 radical (unpaired) electrons. The Morgan fingerprint density at radius 1 is 1.23 bits per heavy atom. The van der Waals surface area contributed by atoms with Crippen LogP contribution in [0.15, 0.2) is 36.4 Å². The maximum absolute atomic E-state index is 12.5. The van der Waals surface area contributed by atoms with Crippen molar-refractivity contribution in [3.63, 3.8) is 0 Å². The van der Waals surface area contributed by atoms with Gasteiger partial charge in [-0.25, -0.2) is 4.79 Å². The lowest BCUT2D eigenvalue weighted by Gasteiger charge is -2.11. The van der Waals surface area contributed by atoms with Crippen molar-refractivity contribution in [1.29, 1.82) is 0 Å². The van der Waals surface area contributed by atoms with Gasteiger partial charge in [-0.3, -0.25) is 4.68 Å². The molecular weight excluding hydrogens is 428 g/mol.